The van der Waals surface area contributed by atoms with Crippen LogP contribution in [-0.2, 0) is 56.8 Å². The van der Waals surface area contributed by atoms with Crippen LogP contribution in [0.5, 0.6) is 0 Å². The summed E-state index contributed by atoms with van der Waals surface area (Å²) in [6, 6.07) is 0. The molecule has 0 atom stereocenters. The molecule has 0 aromatic heterocycles. The molecule has 392 valence electrons. The van der Waals surface area contributed by atoms with Crippen molar-refractivity contribution in [2.45, 2.75) is 154 Å². The zero-order chi connectivity index (χ0) is 42.4. The summed E-state index contributed by atoms with van der Waals surface area (Å²) in [5.74, 6) is 0. The van der Waals surface area contributed by atoms with E-state index in [2.05, 4.69) is 0 Å². The van der Waals surface area contributed by atoms with Crippen molar-refractivity contribution >= 4 is 46.1 Å². The fourth-order valence-corrected chi connectivity index (χ4v) is 6.12. The van der Waals surface area contributed by atoms with Gasteiger partial charge < -0.3 is 153 Å². The van der Waals surface area contributed by atoms with E-state index in [1.54, 1.807) is 0 Å². The van der Waals surface area contributed by atoms with Gasteiger partial charge in [-0.2, -0.15) is 0 Å². The molecule has 0 radical (unpaired) electrons. The molecule has 12 saturated heterocycles. The Hall–Kier alpha value is 3.97. The molecule has 12 heterocycles. The topological polar surface area (TPSA) is 111 Å². The maximum absolute atomic E-state index is 4.94. The van der Waals surface area contributed by atoms with Crippen molar-refractivity contribution in [3.8, 4) is 0 Å². The van der Waals surface area contributed by atoms with E-state index >= 15 is 0 Å². The van der Waals surface area contributed by atoms with Gasteiger partial charge in [-0.25, -0.2) is 0 Å². The van der Waals surface area contributed by atoms with Crippen LogP contribution < -0.4 is 95.9 Å². The molecule has 0 bridgehead atoms. The van der Waals surface area contributed by atoms with Crippen molar-refractivity contribution in [3.05, 3.63) is 0 Å². The Kier molecular flexibility index (Phi) is 96.0. The Bertz CT molecular complexity index is 432. The van der Waals surface area contributed by atoms with Crippen LogP contribution >= 0.6 is 0 Å². The first kappa shape index (κ1) is 81.3. The Morgan fingerprint density at radius 1 is 0.106 bits per heavy atom. The van der Waals surface area contributed by atoms with E-state index in [1.165, 1.54) is 154 Å². The van der Waals surface area contributed by atoms with Gasteiger partial charge in [-0.3, -0.25) is 0 Å². The van der Waals surface area contributed by atoms with Gasteiger partial charge in [-0.05, 0) is 154 Å². The molecule has 12 aliphatic rings. The predicted octanol–water partition coefficient (Wildman–Crippen LogP) is -3.18. The van der Waals surface area contributed by atoms with Crippen LogP contribution in [0.1, 0.15) is 154 Å². The summed E-state index contributed by atoms with van der Waals surface area (Å²) < 4.78 is 59.3. The third-order valence-corrected chi connectivity index (χ3v) is 9.93. The molecule has 0 aromatic carbocycles. The van der Waals surface area contributed by atoms with Crippen LogP contribution in [0.15, 0.2) is 0 Å². The molecule has 0 spiro atoms. The SMILES string of the molecule is C1CCOC1.C1CCOC1.C1CCOC1.C1CCOC1.C1CCOC1.C1CCOC1.C1CCOC1.C1CCOC1.C1CCOC1.C1CCOC1.C1CCOC1.C1CCOC1.[I-].[I-].[I-].[I-].[Mg+2].[Mg+2]. The number of hydrogen-bond donors (Lipinski definition) is 0. The number of halogens is 4. The monoisotopic (exact) mass is 1420 g/mol. The van der Waals surface area contributed by atoms with Gasteiger partial charge in [0.05, 0.1) is 0 Å². The summed E-state index contributed by atoms with van der Waals surface area (Å²) in [4.78, 5) is 0. The van der Waals surface area contributed by atoms with Gasteiger partial charge in [0.2, 0.25) is 0 Å². The summed E-state index contributed by atoms with van der Waals surface area (Å²) in [6.07, 6.45) is 30.7. The third kappa shape index (κ3) is 74.5. The summed E-state index contributed by atoms with van der Waals surface area (Å²) >= 11 is 0. The molecular weight excluding hydrogens is 1320 g/mol. The van der Waals surface area contributed by atoms with Crippen molar-refractivity contribution in [2.24, 2.45) is 0 Å². The van der Waals surface area contributed by atoms with Crippen LogP contribution in [0.3, 0.4) is 0 Å². The van der Waals surface area contributed by atoms with E-state index in [1.807, 2.05) is 0 Å². The molecule has 12 rings (SSSR count). The van der Waals surface area contributed by atoms with Gasteiger partial charge in [-0.1, -0.05) is 0 Å². The average Bonchev–Trinajstić information content (AvgIpc) is 4.19. The summed E-state index contributed by atoms with van der Waals surface area (Å²) in [6.45, 7) is 24.0. The summed E-state index contributed by atoms with van der Waals surface area (Å²) in [5, 5.41) is 0. The fraction of sp³-hybridized carbons (Fsp3) is 1.00. The second-order valence-corrected chi connectivity index (χ2v) is 15.8. The first-order valence-electron chi connectivity index (χ1n) is 24.9. The van der Waals surface area contributed by atoms with E-state index in [9.17, 15) is 0 Å². The second kappa shape index (κ2) is 77.9. The molecule has 0 saturated carbocycles. The molecule has 0 aromatic rings. The summed E-state index contributed by atoms with van der Waals surface area (Å²) in [7, 11) is 0. The van der Waals surface area contributed by atoms with Crippen molar-refractivity contribution in [2.75, 3.05) is 159 Å². The van der Waals surface area contributed by atoms with E-state index in [0.717, 1.165) is 159 Å². The Balaban J connectivity index is -0.000000148. The maximum atomic E-state index is 4.94. The maximum Gasteiger partial charge on any atom is 2.00 e. The largest absolute Gasteiger partial charge is 2.00 e. The molecule has 18 heteroatoms. The minimum Gasteiger partial charge on any atom is -1.00 e. The Labute approximate surface area is 505 Å². The van der Waals surface area contributed by atoms with Crippen LogP contribution in [0.2, 0.25) is 0 Å². The van der Waals surface area contributed by atoms with Gasteiger partial charge in [0, 0.05) is 159 Å². The molecule has 0 N–H and O–H groups in total. The second-order valence-electron chi connectivity index (χ2n) is 15.8. The van der Waals surface area contributed by atoms with Crippen molar-refractivity contribution in [3.63, 3.8) is 0 Å². The van der Waals surface area contributed by atoms with Crippen LogP contribution in [-0.4, -0.2) is 205 Å². The van der Waals surface area contributed by atoms with Gasteiger partial charge >= 0.3 is 46.1 Å². The van der Waals surface area contributed by atoms with E-state index in [-0.39, 0.29) is 142 Å². The minimum absolute atomic E-state index is 0. The van der Waals surface area contributed by atoms with Gasteiger partial charge in [0.25, 0.3) is 0 Å². The zero-order valence-corrected chi connectivity index (χ0v) is 53.2. The molecule has 12 nitrogen and oxygen atoms in total. The van der Waals surface area contributed by atoms with E-state index in [4.69, 9.17) is 56.8 Å². The van der Waals surface area contributed by atoms with E-state index < -0.39 is 0 Å². The quantitative estimate of drug-likeness (QED) is 0.181. The smallest absolute Gasteiger partial charge is 1.00 e. The zero-order valence-electron chi connectivity index (χ0n) is 41.8. The summed E-state index contributed by atoms with van der Waals surface area (Å²) in [5.41, 5.74) is 0. The average molecular weight is 1420 g/mol. The molecule has 0 unspecified atom stereocenters. The van der Waals surface area contributed by atoms with Crippen LogP contribution in [0.4, 0.5) is 0 Å². The van der Waals surface area contributed by atoms with Gasteiger partial charge in [0.15, 0.2) is 0 Å². The first-order valence-corrected chi connectivity index (χ1v) is 24.9. The molecule has 0 aliphatic carbocycles. The fourth-order valence-electron chi connectivity index (χ4n) is 6.12. The molecule has 0 amide bonds. The number of ether oxygens (including phenoxy) is 12. The number of hydrogen-bond acceptors (Lipinski definition) is 12. The standard InChI is InChI=1S/12C4H8O.4HI.2Mg/c12*1-2-4-5-3-1;;;;;;/h12*1-4H2;4*1H;;/q;;;;;;;;;;;;;;;;2*+2/p-4. The molecule has 66 heavy (non-hydrogen) atoms. The third-order valence-electron chi connectivity index (χ3n) is 9.93. The first-order chi connectivity index (χ1) is 30.0. The van der Waals surface area contributed by atoms with Crippen LogP contribution in [0, 0.1) is 0 Å². The van der Waals surface area contributed by atoms with Crippen molar-refractivity contribution < 1.29 is 153 Å². The van der Waals surface area contributed by atoms with Gasteiger partial charge in [0.1, 0.15) is 0 Å². The van der Waals surface area contributed by atoms with Crippen molar-refractivity contribution in [1.29, 1.82) is 0 Å². The Morgan fingerprint density at radius 2 is 0.152 bits per heavy atom. The van der Waals surface area contributed by atoms with Crippen LogP contribution in [0.25, 0.3) is 0 Å². The molecule has 12 fully saturated rings. The Morgan fingerprint density at radius 3 is 0.167 bits per heavy atom. The van der Waals surface area contributed by atoms with Gasteiger partial charge in [-0.15, -0.1) is 0 Å². The normalized spacial score (nSPS) is 21.8. The molecule has 12 aliphatic heterocycles. The van der Waals surface area contributed by atoms with E-state index in [0.29, 0.717) is 0 Å². The number of rotatable bonds is 0. The minimum atomic E-state index is 0. The predicted molar refractivity (Wildman–Crippen MR) is 252 cm³/mol. The van der Waals surface area contributed by atoms with Crippen molar-refractivity contribution in [1.82, 2.24) is 0 Å². The molecular formula is C48H96I4Mg2O12.